The second-order valence-electron chi connectivity index (χ2n) is 11.6. The fourth-order valence-electron chi connectivity index (χ4n) is 4.85. The molecule has 0 saturated carbocycles. The van der Waals surface area contributed by atoms with Crippen LogP contribution in [-0.4, -0.2) is 34.9 Å². The molecule has 0 aliphatic carbocycles. The molecule has 0 aromatic heterocycles. The van der Waals surface area contributed by atoms with Gasteiger partial charge in [0.2, 0.25) is 5.91 Å². The molecule has 4 nitrogen and oxygen atoms in total. The van der Waals surface area contributed by atoms with E-state index in [2.05, 4.69) is 79.9 Å². The standard InChI is InChI=1S/C38H67NO3/c1-3-5-7-9-11-13-14-15-16-17-18-19-20-21-22-23-24-26-28-30-32-34-38(42)39-36(35-40)37(41)33-31-29-27-25-12-10-8-6-4-2/h5,7,11,13,15-16,18-19,21-22,36-37,40-41H,3-4,6,8-10,12,14,17,20,23-35H2,1-2H3,(H,39,42)/b7-5-,13-11-,16-15-,19-18-,22-21-. The monoisotopic (exact) mass is 586 g/mol. The number of nitrogens with one attached hydrogen (secondary N) is 1. The second kappa shape index (κ2) is 33.6. The lowest BCUT2D eigenvalue weighted by molar-refractivity contribution is -0.123. The van der Waals surface area contributed by atoms with Gasteiger partial charge in [-0.1, -0.05) is 152 Å². The lowest BCUT2D eigenvalue weighted by atomic mass is 10.0. The Labute approximate surface area is 260 Å². The first-order valence-electron chi connectivity index (χ1n) is 17.5. The van der Waals surface area contributed by atoms with E-state index in [0.29, 0.717) is 12.8 Å². The highest BCUT2D eigenvalue weighted by Crippen LogP contribution is 2.13. The maximum absolute atomic E-state index is 12.3. The highest BCUT2D eigenvalue weighted by Gasteiger charge is 2.19. The zero-order chi connectivity index (χ0) is 30.8. The van der Waals surface area contributed by atoms with Crippen LogP contribution in [0.5, 0.6) is 0 Å². The molecule has 0 aliphatic rings. The van der Waals surface area contributed by atoms with Crippen LogP contribution in [0.3, 0.4) is 0 Å². The third-order valence-electron chi connectivity index (χ3n) is 7.54. The topological polar surface area (TPSA) is 69.6 Å². The lowest BCUT2D eigenvalue weighted by Gasteiger charge is -2.22. The van der Waals surface area contributed by atoms with Crippen LogP contribution in [-0.2, 0) is 4.79 Å². The first-order valence-corrected chi connectivity index (χ1v) is 17.5. The van der Waals surface area contributed by atoms with Gasteiger partial charge in [0, 0.05) is 6.42 Å². The van der Waals surface area contributed by atoms with Gasteiger partial charge in [0.25, 0.3) is 0 Å². The molecule has 242 valence electrons. The summed E-state index contributed by atoms with van der Waals surface area (Å²) in [6.45, 7) is 4.19. The van der Waals surface area contributed by atoms with E-state index in [-0.39, 0.29) is 12.5 Å². The van der Waals surface area contributed by atoms with Crippen molar-refractivity contribution in [2.75, 3.05) is 6.61 Å². The van der Waals surface area contributed by atoms with E-state index in [1.807, 2.05) is 0 Å². The molecule has 0 fully saturated rings. The largest absolute Gasteiger partial charge is 0.394 e. The average molecular weight is 586 g/mol. The zero-order valence-corrected chi connectivity index (χ0v) is 27.5. The number of carbonyl (C=O) groups is 1. The Balaban J connectivity index is 3.66. The molecular formula is C38H67NO3. The first kappa shape index (κ1) is 40.1. The molecule has 0 spiro atoms. The van der Waals surface area contributed by atoms with Crippen molar-refractivity contribution in [2.24, 2.45) is 0 Å². The quantitative estimate of drug-likeness (QED) is 0.0580. The third-order valence-corrected chi connectivity index (χ3v) is 7.54. The molecule has 4 heteroatoms. The zero-order valence-electron chi connectivity index (χ0n) is 27.5. The number of amides is 1. The number of carbonyl (C=O) groups excluding carboxylic acids is 1. The summed E-state index contributed by atoms with van der Waals surface area (Å²) >= 11 is 0. The highest BCUT2D eigenvalue weighted by atomic mass is 16.3. The van der Waals surface area contributed by atoms with Crippen molar-refractivity contribution in [1.29, 1.82) is 0 Å². The van der Waals surface area contributed by atoms with Crippen LogP contribution in [0.15, 0.2) is 60.8 Å². The van der Waals surface area contributed by atoms with Crippen LogP contribution in [0.2, 0.25) is 0 Å². The number of aliphatic hydroxyl groups is 2. The minimum atomic E-state index is -0.667. The fraction of sp³-hybridized carbons (Fsp3) is 0.711. The molecule has 0 radical (unpaired) electrons. The number of hydrogen-bond acceptors (Lipinski definition) is 3. The molecular weight excluding hydrogens is 518 g/mol. The van der Waals surface area contributed by atoms with E-state index in [1.165, 1.54) is 57.8 Å². The van der Waals surface area contributed by atoms with Crippen LogP contribution in [0.25, 0.3) is 0 Å². The van der Waals surface area contributed by atoms with Crippen molar-refractivity contribution >= 4 is 5.91 Å². The SMILES string of the molecule is CC/C=C\C/C=C\C/C=C\C/C=C\C/C=C\CCCCCCCC(=O)NC(CO)C(O)CCCCCCCCCCC. The van der Waals surface area contributed by atoms with Gasteiger partial charge in [0.15, 0.2) is 0 Å². The Morgan fingerprint density at radius 1 is 0.595 bits per heavy atom. The van der Waals surface area contributed by atoms with Gasteiger partial charge in [-0.15, -0.1) is 0 Å². The van der Waals surface area contributed by atoms with Crippen LogP contribution in [0.1, 0.15) is 155 Å². The Bertz CT molecular complexity index is 722. The van der Waals surface area contributed by atoms with Gasteiger partial charge in [-0.25, -0.2) is 0 Å². The van der Waals surface area contributed by atoms with E-state index in [9.17, 15) is 15.0 Å². The predicted octanol–water partition coefficient (Wildman–Crippen LogP) is 10.2. The van der Waals surface area contributed by atoms with Gasteiger partial charge in [0.1, 0.15) is 0 Å². The summed E-state index contributed by atoms with van der Waals surface area (Å²) < 4.78 is 0. The predicted molar refractivity (Wildman–Crippen MR) is 184 cm³/mol. The Morgan fingerprint density at radius 3 is 1.57 bits per heavy atom. The summed E-state index contributed by atoms with van der Waals surface area (Å²) in [5, 5.41) is 22.9. The first-order chi connectivity index (χ1) is 20.7. The average Bonchev–Trinajstić information content (AvgIpc) is 2.99. The van der Waals surface area contributed by atoms with Gasteiger partial charge in [-0.05, 0) is 57.8 Å². The summed E-state index contributed by atoms with van der Waals surface area (Å²) in [6, 6.07) is -0.546. The summed E-state index contributed by atoms with van der Waals surface area (Å²) in [7, 11) is 0. The Hall–Kier alpha value is -1.91. The Morgan fingerprint density at radius 2 is 1.05 bits per heavy atom. The molecule has 0 bridgehead atoms. The van der Waals surface area contributed by atoms with Crippen LogP contribution >= 0.6 is 0 Å². The van der Waals surface area contributed by atoms with E-state index >= 15 is 0 Å². The third kappa shape index (κ3) is 29.6. The summed E-state index contributed by atoms with van der Waals surface area (Å²) in [5.74, 6) is -0.0565. The van der Waals surface area contributed by atoms with E-state index < -0.39 is 12.1 Å². The van der Waals surface area contributed by atoms with Crippen molar-refractivity contribution in [3.63, 3.8) is 0 Å². The van der Waals surface area contributed by atoms with Crippen molar-refractivity contribution < 1.29 is 15.0 Å². The van der Waals surface area contributed by atoms with E-state index in [4.69, 9.17) is 0 Å². The molecule has 2 unspecified atom stereocenters. The Kier molecular flexibility index (Phi) is 32.1. The van der Waals surface area contributed by atoms with Crippen molar-refractivity contribution in [2.45, 2.75) is 167 Å². The number of allylic oxidation sites excluding steroid dienone is 10. The molecule has 0 aromatic carbocycles. The van der Waals surface area contributed by atoms with E-state index in [0.717, 1.165) is 70.6 Å². The lowest BCUT2D eigenvalue weighted by Crippen LogP contribution is -2.45. The van der Waals surface area contributed by atoms with Gasteiger partial charge in [-0.3, -0.25) is 4.79 Å². The summed E-state index contributed by atoms with van der Waals surface area (Å²) in [6.07, 6.45) is 45.6. The number of rotatable bonds is 30. The molecule has 0 aliphatic heterocycles. The maximum atomic E-state index is 12.3. The van der Waals surface area contributed by atoms with Gasteiger partial charge >= 0.3 is 0 Å². The van der Waals surface area contributed by atoms with Crippen molar-refractivity contribution in [1.82, 2.24) is 5.32 Å². The van der Waals surface area contributed by atoms with Crippen molar-refractivity contribution in [3.8, 4) is 0 Å². The second-order valence-corrected chi connectivity index (χ2v) is 11.6. The molecule has 1 amide bonds. The maximum Gasteiger partial charge on any atom is 0.220 e. The van der Waals surface area contributed by atoms with Crippen LogP contribution < -0.4 is 5.32 Å². The van der Waals surface area contributed by atoms with Crippen LogP contribution in [0, 0.1) is 0 Å². The molecule has 0 aromatic rings. The van der Waals surface area contributed by atoms with Gasteiger partial charge in [-0.2, -0.15) is 0 Å². The summed E-state index contributed by atoms with van der Waals surface area (Å²) in [5.41, 5.74) is 0. The molecule has 0 saturated heterocycles. The number of aliphatic hydroxyl groups excluding tert-OH is 2. The summed E-state index contributed by atoms with van der Waals surface area (Å²) in [4.78, 5) is 12.3. The van der Waals surface area contributed by atoms with Crippen LogP contribution in [0.4, 0.5) is 0 Å². The smallest absolute Gasteiger partial charge is 0.220 e. The number of hydrogen-bond donors (Lipinski definition) is 3. The van der Waals surface area contributed by atoms with Crippen molar-refractivity contribution in [3.05, 3.63) is 60.8 Å². The van der Waals surface area contributed by atoms with Gasteiger partial charge < -0.3 is 15.5 Å². The van der Waals surface area contributed by atoms with Gasteiger partial charge in [0.05, 0.1) is 18.8 Å². The normalized spacial score (nSPS) is 13.9. The highest BCUT2D eigenvalue weighted by molar-refractivity contribution is 5.76. The minimum Gasteiger partial charge on any atom is -0.394 e. The number of unbranched alkanes of at least 4 members (excludes halogenated alkanes) is 13. The fourth-order valence-corrected chi connectivity index (χ4v) is 4.85. The molecule has 2 atom stereocenters. The molecule has 0 rings (SSSR count). The molecule has 3 N–H and O–H groups in total. The molecule has 42 heavy (non-hydrogen) atoms. The van der Waals surface area contributed by atoms with E-state index in [1.54, 1.807) is 0 Å². The minimum absolute atomic E-state index is 0.0565. The molecule has 0 heterocycles.